The second-order valence-corrected chi connectivity index (χ2v) is 4.77. The van der Waals surface area contributed by atoms with Gasteiger partial charge in [0.05, 0.1) is 0 Å². The van der Waals surface area contributed by atoms with Crippen LogP contribution in [0, 0.1) is 0 Å². The summed E-state index contributed by atoms with van der Waals surface area (Å²) in [5, 5.41) is 0. The highest BCUT2D eigenvalue weighted by atomic mass is 127. The van der Waals surface area contributed by atoms with E-state index in [1.165, 1.54) is 14.7 Å². The number of allylic oxidation sites excluding steroid dienone is 1. The fourth-order valence-corrected chi connectivity index (χ4v) is 2.12. The van der Waals surface area contributed by atoms with Gasteiger partial charge in [-0.2, -0.15) is 0 Å². The summed E-state index contributed by atoms with van der Waals surface area (Å²) in [5.74, 6) is 0. The number of benzene rings is 2. The van der Waals surface area contributed by atoms with Gasteiger partial charge in [0.15, 0.2) is 0 Å². The molecular weight excluding hydrogens is 307 g/mol. The van der Waals surface area contributed by atoms with Crippen LogP contribution in [0.4, 0.5) is 0 Å². The van der Waals surface area contributed by atoms with Gasteiger partial charge in [0.2, 0.25) is 0 Å². The first kappa shape index (κ1) is 11.4. The van der Waals surface area contributed by atoms with Crippen LogP contribution in [-0.4, -0.2) is 0 Å². The molecule has 0 radical (unpaired) electrons. The van der Waals surface area contributed by atoms with Crippen molar-refractivity contribution in [3.05, 3.63) is 77.9 Å². The van der Waals surface area contributed by atoms with Gasteiger partial charge >= 0.3 is 0 Å². The quantitative estimate of drug-likeness (QED) is 0.719. The molecule has 0 unspecified atom stereocenters. The van der Waals surface area contributed by atoms with E-state index in [2.05, 4.69) is 83.3 Å². The Balaban J connectivity index is 2.09. The average Bonchev–Trinajstić information content (AvgIpc) is 2.38. The Kier molecular flexibility index (Phi) is 4.17. The van der Waals surface area contributed by atoms with Crippen molar-refractivity contribution in [2.75, 3.05) is 0 Å². The van der Waals surface area contributed by atoms with E-state index < -0.39 is 0 Å². The van der Waals surface area contributed by atoms with Crippen LogP contribution in [0.25, 0.3) is 3.58 Å². The van der Waals surface area contributed by atoms with E-state index in [0.717, 1.165) is 6.42 Å². The molecule has 0 nitrogen and oxygen atoms in total. The Morgan fingerprint density at radius 1 is 0.875 bits per heavy atom. The summed E-state index contributed by atoms with van der Waals surface area (Å²) in [6.07, 6.45) is 3.26. The maximum Gasteiger partial charge on any atom is 0.0166 e. The average molecular weight is 320 g/mol. The van der Waals surface area contributed by atoms with Crippen LogP contribution in [-0.2, 0) is 6.42 Å². The van der Waals surface area contributed by atoms with Gasteiger partial charge in [0.25, 0.3) is 0 Å². The van der Waals surface area contributed by atoms with Gasteiger partial charge in [0, 0.05) is 3.58 Å². The number of hydrogen-bond acceptors (Lipinski definition) is 0. The zero-order valence-electron chi connectivity index (χ0n) is 8.94. The molecule has 0 heterocycles. The molecule has 0 spiro atoms. The molecule has 80 valence electrons. The summed E-state index contributed by atoms with van der Waals surface area (Å²) >= 11 is 2.40. The van der Waals surface area contributed by atoms with Gasteiger partial charge in [-0.1, -0.05) is 66.7 Å². The molecule has 0 bridgehead atoms. The third-order valence-corrected chi connectivity index (χ3v) is 3.47. The molecule has 0 amide bonds. The Morgan fingerprint density at radius 3 is 2.06 bits per heavy atom. The lowest BCUT2D eigenvalue weighted by Gasteiger charge is -2.00. The highest BCUT2D eigenvalue weighted by Gasteiger charge is 1.95. The largest absolute Gasteiger partial charge is 0.0661 e. The second-order valence-electron chi connectivity index (χ2n) is 3.61. The second kappa shape index (κ2) is 5.85. The van der Waals surface area contributed by atoms with Crippen molar-refractivity contribution < 1.29 is 0 Å². The Labute approximate surface area is 110 Å². The SMILES string of the molecule is I/C(=C/Cc1ccccc1)c1ccccc1. The molecule has 2 aromatic rings. The van der Waals surface area contributed by atoms with Crippen LogP contribution in [0.1, 0.15) is 11.1 Å². The lowest BCUT2D eigenvalue weighted by Crippen LogP contribution is -1.81. The van der Waals surface area contributed by atoms with E-state index in [1.54, 1.807) is 0 Å². The maximum atomic E-state index is 2.40. The normalized spacial score (nSPS) is 11.4. The molecule has 2 rings (SSSR count). The molecule has 0 N–H and O–H groups in total. The monoisotopic (exact) mass is 320 g/mol. The molecule has 2 aromatic carbocycles. The molecule has 0 atom stereocenters. The summed E-state index contributed by atoms with van der Waals surface area (Å²) in [6, 6.07) is 21.0. The van der Waals surface area contributed by atoms with Gasteiger partial charge in [-0.05, 0) is 40.1 Å². The van der Waals surface area contributed by atoms with Gasteiger partial charge in [-0.15, -0.1) is 0 Å². The van der Waals surface area contributed by atoms with Crippen molar-refractivity contribution in [2.45, 2.75) is 6.42 Å². The lowest BCUT2D eigenvalue weighted by atomic mass is 10.1. The van der Waals surface area contributed by atoms with E-state index >= 15 is 0 Å². The third-order valence-electron chi connectivity index (χ3n) is 2.41. The molecule has 0 aromatic heterocycles. The summed E-state index contributed by atoms with van der Waals surface area (Å²) in [4.78, 5) is 0. The predicted octanol–water partition coefficient (Wildman–Crippen LogP) is 4.71. The van der Waals surface area contributed by atoms with Crippen molar-refractivity contribution >= 4 is 26.2 Å². The number of hydrogen-bond donors (Lipinski definition) is 0. The van der Waals surface area contributed by atoms with Crippen LogP contribution >= 0.6 is 22.6 Å². The van der Waals surface area contributed by atoms with Crippen LogP contribution in [0.5, 0.6) is 0 Å². The minimum Gasteiger partial charge on any atom is -0.0661 e. The maximum absolute atomic E-state index is 2.40. The standard InChI is InChI=1S/C15H13I/c16-15(14-9-5-2-6-10-14)12-11-13-7-3-1-4-8-13/h1-10,12H,11H2/b15-12+. The lowest BCUT2D eigenvalue weighted by molar-refractivity contribution is 1.28. The van der Waals surface area contributed by atoms with Crippen molar-refractivity contribution in [3.63, 3.8) is 0 Å². The topological polar surface area (TPSA) is 0 Å². The molecule has 0 aliphatic heterocycles. The smallest absolute Gasteiger partial charge is 0.0166 e. The Hall–Kier alpha value is -1.09. The van der Waals surface area contributed by atoms with Crippen molar-refractivity contribution in [2.24, 2.45) is 0 Å². The third kappa shape index (κ3) is 3.20. The summed E-state index contributed by atoms with van der Waals surface area (Å²) in [6.45, 7) is 0. The van der Waals surface area contributed by atoms with Crippen LogP contribution in [0.3, 0.4) is 0 Å². The van der Waals surface area contributed by atoms with Gasteiger partial charge in [-0.25, -0.2) is 0 Å². The van der Waals surface area contributed by atoms with E-state index in [4.69, 9.17) is 0 Å². The molecule has 16 heavy (non-hydrogen) atoms. The van der Waals surface area contributed by atoms with Crippen molar-refractivity contribution in [3.8, 4) is 0 Å². The van der Waals surface area contributed by atoms with Crippen LogP contribution in [0.2, 0.25) is 0 Å². The molecule has 1 heteroatoms. The van der Waals surface area contributed by atoms with E-state index in [9.17, 15) is 0 Å². The first-order valence-electron chi connectivity index (χ1n) is 5.31. The summed E-state index contributed by atoms with van der Waals surface area (Å²) in [5.41, 5.74) is 2.65. The highest BCUT2D eigenvalue weighted by Crippen LogP contribution is 2.21. The summed E-state index contributed by atoms with van der Waals surface area (Å²) in [7, 11) is 0. The van der Waals surface area contributed by atoms with Crippen LogP contribution in [0.15, 0.2) is 66.7 Å². The van der Waals surface area contributed by atoms with Crippen molar-refractivity contribution in [1.82, 2.24) is 0 Å². The van der Waals surface area contributed by atoms with E-state index in [-0.39, 0.29) is 0 Å². The summed E-state index contributed by atoms with van der Waals surface area (Å²) < 4.78 is 1.31. The van der Waals surface area contributed by atoms with E-state index in [1.807, 2.05) is 6.07 Å². The minimum absolute atomic E-state index is 0.994. The molecular formula is C15H13I. The predicted molar refractivity (Wildman–Crippen MR) is 78.6 cm³/mol. The first-order valence-corrected chi connectivity index (χ1v) is 6.39. The first-order chi connectivity index (χ1) is 7.86. The minimum atomic E-state index is 0.994. The fourth-order valence-electron chi connectivity index (χ4n) is 1.54. The van der Waals surface area contributed by atoms with E-state index in [0.29, 0.717) is 0 Å². The Bertz CT molecular complexity index is 457. The highest BCUT2D eigenvalue weighted by molar-refractivity contribution is 14.1. The molecule has 0 aliphatic carbocycles. The Morgan fingerprint density at radius 2 is 1.44 bits per heavy atom. The van der Waals surface area contributed by atoms with Crippen LogP contribution < -0.4 is 0 Å². The van der Waals surface area contributed by atoms with Gasteiger partial charge < -0.3 is 0 Å². The number of halogens is 1. The molecule has 0 saturated heterocycles. The van der Waals surface area contributed by atoms with Crippen molar-refractivity contribution in [1.29, 1.82) is 0 Å². The fraction of sp³-hybridized carbons (Fsp3) is 0.0667. The van der Waals surface area contributed by atoms with Gasteiger partial charge in [0.1, 0.15) is 0 Å². The molecule has 0 aliphatic rings. The zero-order valence-corrected chi connectivity index (χ0v) is 11.1. The molecule has 0 saturated carbocycles. The van der Waals surface area contributed by atoms with Gasteiger partial charge in [-0.3, -0.25) is 0 Å². The zero-order chi connectivity index (χ0) is 11.2. The number of rotatable bonds is 3. The molecule has 0 fully saturated rings.